The van der Waals surface area contributed by atoms with Gasteiger partial charge in [-0.25, -0.2) is 35.1 Å². The molecule has 0 saturated heterocycles. The quantitative estimate of drug-likeness (QED) is 0.158. The molecule has 0 bridgehead atoms. The van der Waals surface area contributed by atoms with E-state index in [4.69, 9.17) is 0 Å². The van der Waals surface area contributed by atoms with E-state index in [1.165, 1.54) is 18.2 Å². The van der Waals surface area contributed by atoms with Crippen LogP contribution in [-0.4, -0.2) is 26.2 Å². The van der Waals surface area contributed by atoms with E-state index in [2.05, 4.69) is 0 Å². The Morgan fingerprint density at radius 3 is 1.07 bits per heavy atom. The average Bonchev–Trinajstić information content (AvgIpc) is 2.65. The largest absolute Gasteiger partial charge is 0.247 e. The Morgan fingerprint density at radius 2 is 0.778 bits per heavy atom. The number of rotatable bonds is 10. The maximum atomic E-state index is 14.4. The van der Waals surface area contributed by atoms with Crippen molar-refractivity contribution in [3.8, 4) is 0 Å². The molecule has 0 saturated carbocycles. The smallest absolute Gasteiger partial charge is 0.200 e. The van der Waals surface area contributed by atoms with Crippen LogP contribution in [0.5, 0.6) is 0 Å². The molecule has 0 aromatic heterocycles. The number of allylic oxidation sites excluding steroid dienone is 6. The fourth-order valence-electron chi connectivity index (χ4n) is 3.06. The fourth-order valence-corrected chi connectivity index (χ4v) is 3.06. The molecule has 0 heterocycles. The van der Waals surface area contributed by atoms with Crippen LogP contribution in [0.25, 0.3) is 0 Å². The highest BCUT2D eigenvalue weighted by atomic mass is 19.2. The molecule has 0 aliphatic rings. The van der Waals surface area contributed by atoms with E-state index in [0.29, 0.717) is 0 Å². The molecular formula is C18H18BF8-. The third-order valence-corrected chi connectivity index (χ3v) is 4.39. The molecule has 0 aliphatic heterocycles. The molecule has 150 valence electrons. The number of hydrogen-bond donors (Lipinski definition) is 0. The molecule has 0 amide bonds. The molecule has 0 fully saturated rings. The van der Waals surface area contributed by atoms with Gasteiger partial charge < -0.3 is 0 Å². The minimum atomic E-state index is -2.59. The first-order chi connectivity index (χ1) is 12.9. The number of benzene rings is 1. The monoisotopic (exact) mass is 397 g/mol. The van der Waals surface area contributed by atoms with Gasteiger partial charge in [-0.2, -0.15) is 19.0 Å². The first kappa shape index (κ1) is 23.0. The number of halogens is 8. The second-order valence-corrected chi connectivity index (χ2v) is 6.05. The molecule has 9 heteroatoms. The molecule has 27 heavy (non-hydrogen) atoms. The summed E-state index contributed by atoms with van der Waals surface area (Å²) in [6, 6.07) is 0. The summed E-state index contributed by atoms with van der Waals surface area (Å²) >= 11 is 0. The van der Waals surface area contributed by atoms with Crippen molar-refractivity contribution in [3.05, 3.63) is 65.5 Å². The Balaban J connectivity index is 3.69. The average molecular weight is 397 g/mol. The zero-order valence-corrected chi connectivity index (χ0v) is 14.3. The van der Waals surface area contributed by atoms with Crippen LogP contribution in [0.2, 0.25) is 19.0 Å². The van der Waals surface area contributed by atoms with E-state index in [9.17, 15) is 35.1 Å². The van der Waals surface area contributed by atoms with E-state index in [1.54, 1.807) is 0 Å². The van der Waals surface area contributed by atoms with E-state index in [0.717, 1.165) is 18.2 Å². The Labute approximate surface area is 152 Å². The van der Waals surface area contributed by atoms with Crippen molar-refractivity contribution in [1.82, 2.24) is 0 Å². The van der Waals surface area contributed by atoms with Crippen LogP contribution in [0.1, 0.15) is 0 Å². The molecule has 0 unspecified atom stereocenters. The van der Waals surface area contributed by atoms with Crippen molar-refractivity contribution in [2.75, 3.05) is 20.0 Å². The lowest BCUT2D eigenvalue weighted by atomic mass is 9.16. The first-order valence-corrected chi connectivity index (χ1v) is 8.21. The summed E-state index contributed by atoms with van der Waals surface area (Å²) in [6.45, 7) is -2.70. The maximum Gasteiger partial charge on any atom is 0.200 e. The Morgan fingerprint density at radius 1 is 0.481 bits per heavy atom. The molecule has 0 aliphatic carbocycles. The van der Waals surface area contributed by atoms with Crippen molar-refractivity contribution in [1.29, 1.82) is 0 Å². The van der Waals surface area contributed by atoms with Gasteiger partial charge in [-0.05, 0) is 0 Å². The van der Waals surface area contributed by atoms with Gasteiger partial charge in [0.05, 0.1) is 0 Å². The Bertz CT molecular complexity index is 642. The zero-order chi connectivity index (χ0) is 20.4. The standard InChI is InChI=1S/C18H18BF8/c20-10-4-1-7-19(8-2-5-11-21,9-3-6-12-22)13-14(23)16(25)18(27)17(26)15(13)24/h1-6H,7-12H2/q-1/b4-1-,5-2-,6-3-. The lowest BCUT2D eigenvalue weighted by Gasteiger charge is -2.39. The maximum absolute atomic E-state index is 14.4. The van der Waals surface area contributed by atoms with Gasteiger partial charge in [-0.1, -0.05) is 18.2 Å². The van der Waals surface area contributed by atoms with Gasteiger partial charge in [0.1, 0.15) is 31.7 Å². The fraction of sp³-hybridized carbons (Fsp3) is 0.333. The van der Waals surface area contributed by atoms with Gasteiger partial charge >= 0.3 is 0 Å². The van der Waals surface area contributed by atoms with E-state index in [-0.39, 0.29) is 19.0 Å². The molecule has 1 rings (SSSR count). The van der Waals surface area contributed by atoms with Crippen LogP contribution in [0.3, 0.4) is 0 Å². The molecule has 1 aromatic rings. The topological polar surface area (TPSA) is 0 Å². The van der Waals surface area contributed by atoms with Crippen LogP contribution in [-0.2, 0) is 0 Å². The summed E-state index contributed by atoms with van der Waals surface area (Å²) < 4.78 is 107. The summed E-state index contributed by atoms with van der Waals surface area (Å²) in [5.41, 5.74) is -1.04. The molecule has 0 radical (unpaired) electrons. The van der Waals surface area contributed by atoms with Gasteiger partial charge in [-0.3, -0.25) is 0 Å². The third kappa shape index (κ3) is 5.46. The highest BCUT2D eigenvalue weighted by Gasteiger charge is 2.34. The summed E-state index contributed by atoms with van der Waals surface area (Å²) in [7, 11) is 0. The highest BCUT2D eigenvalue weighted by molar-refractivity contribution is 6.93. The van der Waals surface area contributed by atoms with Crippen molar-refractivity contribution in [2.45, 2.75) is 19.0 Å². The summed E-state index contributed by atoms with van der Waals surface area (Å²) in [5.74, 6) is -10.5. The lowest BCUT2D eigenvalue weighted by molar-refractivity contribution is 0.383. The Hall–Kier alpha value is -2.06. The van der Waals surface area contributed by atoms with E-state index >= 15 is 0 Å². The third-order valence-electron chi connectivity index (χ3n) is 4.39. The second-order valence-electron chi connectivity index (χ2n) is 6.05. The molecule has 0 N–H and O–H groups in total. The van der Waals surface area contributed by atoms with Crippen molar-refractivity contribution >= 4 is 11.6 Å². The summed E-state index contributed by atoms with van der Waals surface area (Å²) in [5, 5.41) is 0. The van der Waals surface area contributed by atoms with Gasteiger partial charge in [0.25, 0.3) is 0 Å². The van der Waals surface area contributed by atoms with Gasteiger partial charge in [-0.15, -0.1) is 23.7 Å². The molecule has 1 aromatic carbocycles. The van der Waals surface area contributed by atoms with Crippen molar-refractivity contribution < 1.29 is 35.1 Å². The zero-order valence-electron chi connectivity index (χ0n) is 14.3. The second kappa shape index (κ2) is 10.9. The minimum Gasteiger partial charge on any atom is -0.247 e. The predicted molar refractivity (Wildman–Crippen MR) is 91.4 cm³/mol. The minimum absolute atomic E-state index is 0.254. The van der Waals surface area contributed by atoms with Crippen LogP contribution >= 0.6 is 0 Å². The molecular weight excluding hydrogens is 379 g/mol. The van der Waals surface area contributed by atoms with Crippen molar-refractivity contribution in [3.63, 3.8) is 0 Å². The Kier molecular flexibility index (Phi) is 9.31. The first-order valence-electron chi connectivity index (χ1n) is 8.21. The molecule has 0 spiro atoms. The number of alkyl halides is 3. The van der Waals surface area contributed by atoms with Gasteiger partial charge in [0.2, 0.25) is 0 Å². The van der Waals surface area contributed by atoms with Crippen LogP contribution in [0.4, 0.5) is 35.1 Å². The van der Waals surface area contributed by atoms with Gasteiger partial charge in [0.15, 0.2) is 17.5 Å². The molecule has 0 atom stereocenters. The number of hydrogen-bond acceptors (Lipinski definition) is 0. The normalized spacial score (nSPS) is 12.9. The lowest BCUT2D eigenvalue weighted by Crippen LogP contribution is -2.51. The van der Waals surface area contributed by atoms with E-state index in [1.807, 2.05) is 0 Å². The molecule has 0 nitrogen and oxygen atoms in total. The SMILES string of the molecule is FC/C=C\C[B-](C/C=C\CF)(C/C=C\CF)c1c(F)c(F)c(F)c(F)c1F. The summed E-state index contributed by atoms with van der Waals surface area (Å²) in [6.07, 6.45) is 3.37. The van der Waals surface area contributed by atoms with Crippen LogP contribution < -0.4 is 5.46 Å². The van der Waals surface area contributed by atoms with Gasteiger partial charge in [0, 0.05) is 6.15 Å². The van der Waals surface area contributed by atoms with Crippen LogP contribution in [0.15, 0.2) is 36.5 Å². The predicted octanol–water partition coefficient (Wildman–Crippen LogP) is 5.62. The van der Waals surface area contributed by atoms with Crippen LogP contribution in [0, 0.1) is 29.1 Å². The summed E-state index contributed by atoms with van der Waals surface area (Å²) in [4.78, 5) is 0. The van der Waals surface area contributed by atoms with E-state index < -0.39 is 60.7 Å². The van der Waals surface area contributed by atoms with Crippen molar-refractivity contribution in [2.24, 2.45) is 0 Å². The highest BCUT2D eigenvalue weighted by Crippen LogP contribution is 2.29.